The Morgan fingerprint density at radius 3 is 0.750 bits per heavy atom. The Labute approximate surface area is 344 Å². The van der Waals surface area contributed by atoms with E-state index in [4.69, 9.17) is 47.4 Å². The molecular weight excluding hydrogens is 716 g/mol. The molecule has 0 aromatic heterocycles. The molecule has 0 N–H and O–H groups in total. The highest BCUT2D eigenvalue weighted by Crippen LogP contribution is 2.14. The number of carbonyl (C=O) groups excluding carboxylic acids is 1. The minimum absolute atomic E-state index is 0.138. The molecule has 0 saturated heterocycles. The first-order valence-electron chi connectivity index (χ1n) is 23.2. The molecule has 0 heterocycles. The second-order valence-corrected chi connectivity index (χ2v) is 14.6. The number of rotatable bonds is 51. The van der Waals surface area contributed by atoms with E-state index in [0.29, 0.717) is 125 Å². The Kier molecular flexibility index (Phi) is 51.3. The van der Waals surface area contributed by atoms with Gasteiger partial charge < -0.3 is 47.4 Å². The fraction of sp³-hybridized carbons (Fsp3) is 0.978. The monoisotopic (exact) mass is 807 g/mol. The topological polar surface area (TPSA) is 109 Å². The van der Waals surface area contributed by atoms with Crippen LogP contribution in [0.25, 0.3) is 0 Å². The normalized spacial score (nSPS) is 11.5. The van der Waals surface area contributed by atoms with Crippen molar-refractivity contribution >= 4 is 5.97 Å². The van der Waals surface area contributed by atoms with E-state index in [-0.39, 0.29) is 5.97 Å². The molecule has 0 aliphatic carbocycles. The maximum absolute atomic E-state index is 11.7. The van der Waals surface area contributed by atoms with Crippen LogP contribution in [0.2, 0.25) is 0 Å². The molecule has 0 aromatic carbocycles. The van der Waals surface area contributed by atoms with E-state index in [0.717, 1.165) is 25.9 Å². The Hall–Kier alpha value is -0.890. The molecule has 336 valence electrons. The molecule has 0 spiro atoms. The van der Waals surface area contributed by atoms with Crippen molar-refractivity contribution in [1.29, 1.82) is 0 Å². The molecule has 0 aliphatic heterocycles. The minimum Gasteiger partial charge on any atom is -0.463 e. The zero-order valence-corrected chi connectivity index (χ0v) is 36.7. The van der Waals surface area contributed by atoms with Crippen LogP contribution in [0.1, 0.15) is 162 Å². The lowest BCUT2D eigenvalue weighted by molar-refractivity contribution is -0.145. The van der Waals surface area contributed by atoms with Gasteiger partial charge in [-0.15, -0.1) is 0 Å². The molecular formula is C45H90O11. The van der Waals surface area contributed by atoms with Crippen molar-refractivity contribution in [3.05, 3.63) is 0 Å². The average molecular weight is 807 g/mol. The maximum Gasteiger partial charge on any atom is 0.305 e. The number of unbranched alkanes of at least 4 members (excludes halogenated alkanes) is 20. The van der Waals surface area contributed by atoms with Gasteiger partial charge >= 0.3 is 5.97 Å². The van der Waals surface area contributed by atoms with Crippen LogP contribution >= 0.6 is 0 Å². The molecule has 0 saturated carbocycles. The van der Waals surface area contributed by atoms with E-state index >= 15 is 0 Å². The summed E-state index contributed by atoms with van der Waals surface area (Å²) >= 11 is 0. The van der Waals surface area contributed by atoms with E-state index in [2.05, 4.69) is 13.8 Å². The molecule has 0 radical (unpaired) electrons. The van der Waals surface area contributed by atoms with Crippen LogP contribution in [0.4, 0.5) is 0 Å². The minimum atomic E-state index is -0.138. The van der Waals surface area contributed by atoms with Crippen LogP contribution < -0.4 is 0 Å². The molecule has 0 rings (SSSR count). The molecule has 0 aliphatic rings. The zero-order valence-electron chi connectivity index (χ0n) is 36.7. The van der Waals surface area contributed by atoms with Crippen LogP contribution in [0.3, 0.4) is 0 Å². The molecule has 0 bridgehead atoms. The first kappa shape index (κ1) is 55.1. The Morgan fingerprint density at radius 1 is 0.250 bits per heavy atom. The van der Waals surface area contributed by atoms with Crippen LogP contribution in [0, 0.1) is 0 Å². The van der Waals surface area contributed by atoms with Crippen LogP contribution in [-0.4, -0.2) is 132 Å². The second kappa shape index (κ2) is 52.1. The second-order valence-electron chi connectivity index (χ2n) is 14.6. The first-order valence-corrected chi connectivity index (χ1v) is 23.2. The van der Waals surface area contributed by atoms with Gasteiger partial charge in [-0.1, -0.05) is 142 Å². The Bertz CT molecular complexity index is 716. The predicted molar refractivity (Wildman–Crippen MR) is 226 cm³/mol. The molecule has 11 heteroatoms. The summed E-state index contributed by atoms with van der Waals surface area (Å²) in [5.41, 5.74) is 0. The summed E-state index contributed by atoms with van der Waals surface area (Å²) in [6, 6.07) is 0. The van der Waals surface area contributed by atoms with Gasteiger partial charge in [-0.3, -0.25) is 4.79 Å². The van der Waals surface area contributed by atoms with E-state index in [1.807, 2.05) is 0 Å². The summed E-state index contributed by atoms with van der Waals surface area (Å²) in [5.74, 6) is -0.138. The van der Waals surface area contributed by atoms with Gasteiger partial charge in [0.25, 0.3) is 0 Å². The van der Waals surface area contributed by atoms with Crippen molar-refractivity contribution in [2.24, 2.45) is 0 Å². The van der Waals surface area contributed by atoms with E-state index < -0.39 is 0 Å². The maximum atomic E-state index is 11.7. The third-order valence-corrected chi connectivity index (χ3v) is 9.34. The summed E-state index contributed by atoms with van der Waals surface area (Å²) in [5, 5.41) is 0. The van der Waals surface area contributed by atoms with Gasteiger partial charge in [0.05, 0.1) is 112 Å². The standard InChI is InChI=1S/C45H90O11/c1-3-5-7-9-11-12-13-14-15-16-17-18-19-20-22-24-26-47-27-28-48-29-30-49-31-32-50-33-34-51-35-36-52-37-38-53-39-40-54-41-42-55-43-44-56-45(46)25-23-21-10-8-6-4-2/h3-44H2,1-2H3. The number of hydrogen-bond acceptors (Lipinski definition) is 11. The summed E-state index contributed by atoms with van der Waals surface area (Å²) in [7, 11) is 0. The van der Waals surface area contributed by atoms with Crippen molar-refractivity contribution in [2.45, 2.75) is 162 Å². The van der Waals surface area contributed by atoms with Gasteiger partial charge in [-0.25, -0.2) is 0 Å². The zero-order chi connectivity index (χ0) is 40.3. The number of carbonyl (C=O) groups is 1. The summed E-state index contributed by atoms with van der Waals surface area (Å²) in [6.07, 6.45) is 29.6. The van der Waals surface area contributed by atoms with Crippen LogP contribution in [0.15, 0.2) is 0 Å². The molecule has 0 fully saturated rings. The quantitative estimate of drug-likeness (QED) is 0.0433. The Balaban J connectivity index is 3.09. The smallest absolute Gasteiger partial charge is 0.305 e. The highest BCUT2D eigenvalue weighted by atomic mass is 16.6. The lowest BCUT2D eigenvalue weighted by atomic mass is 10.0. The first-order chi connectivity index (χ1) is 27.8. The van der Waals surface area contributed by atoms with E-state index in [1.165, 1.54) is 122 Å². The van der Waals surface area contributed by atoms with Crippen molar-refractivity contribution in [3.8, 4) is 0 Å². The third-order valence-electron chi connectivity index (χ3n) is 9.34. The highest BCUT2D eigenvalue weighted by Gasteiger charge is 2.03. The number of ether oxygens (including phenoxy) is 10. The van der Waals surface area contributed by atoms with Crippen LogP contribution in [-0.2, 0) is 52.2 Å². The van der Waals surface area contributed by atoms with Crippen molar-refractivity contribution in [3.63, 3.8) is 0 Å². The van der Waals surface area contributed by atoms with Gasteiger partial charge in [0.1, 0.15) is 6.61 Å². The molecule has 11 nitrogen and oxygen atoms in total. The van der Waals surface area contributed by atoms with Crippen LogP contribution in [0.5, 0.6) is 0 Å². The number of esters is 1. The molecule has 0 unspecified atom stereocenters. The van der Waals surface area contributed by atoms with Crippen molar-refractivity contribution in [2.75, 3.05) is 126 Å². The largest absolute Gasteiger partial charge is 0.463 e. The molecule has 56 heavy (non-hydrogen) atoms. The SMILES string of the molecule is CCCCCCCCCCCCCCCCCCOCCOCCOCCOCCOCCOCCOCCOCCOCCOC(=O)CCCCCCCC. The molecule has 0 aromatic rings. The van der Waals surface area contributed by atoms with Gasteiger partial charge in [0.15, 0.2) is 0 Å². The fourth-order valence-corrected chi connectivity index (χ4v) is 5.95. The van der Waals surface area contributed by atoms with E-state index in [9.17, 15) is 4.79 Å². The number of hydrogen-bond donors (Lipinski definition) is 0. The molecule has 0 atom stereocenters. The third kappa shape index (κ3) is 51.1. The van der Waals surface area contributed by atoms with Crippen molar-refractivity contribution in [1.82, 2.24) is 0 Å². The Morgan fingerprint density at radius 2 is 0.464 bits per heavy atom. The van der Waals surface area contributed by atoms with Crippen molar-refractivity contribution < 1.29 is 52.2 Å². The molecule has 0 amide bonds. The summed E-state index contributed by atoms with van der Waals surface area (Å²) in [6.45, 7) is 14.5. The van der Waals surface area contributed by atoms with Gasteiger partial charge in [0.2, 0.25) is 0 Å². The van der Waals surface area contributed by atoms with Gasteiger partial charge in [0, 0.05) is 13.0 Å². The van der Waals surface area contributed by atoms with E-state index in [1.54, 1.807) is 0 Å². The highest BCUT2D eigenvalue weighted by molar-refractivity contribution is 5.69. The average Bonchev–Trinajstić information content (AvgIpc) is 3.20. The summed E-state index contributed by atoms with van der Waals surface area (Å²) in [4.78, 5) is 11.7. The lowest BCUT2D eigenvalue weighted by Gasteiger charge is -2.09. The fourth-order valence-electron chi connectivity index (χ4n) is 5.95. The van der Waals surface area contributed by atoms with Gasteiger partial charge in [-0.2, -0.15) is 0 Å². The lowest BCUT2D eigenvalue weighted by Crippen LogP contribution is -2.15. The summed E-state index contributed by atoms with van der Waals surface area (Å²) < 4.78 is 55.0. The predicted octanol–water partition coefficient (Wildman–Crippen LogP) is 9.69. The van der Waals surface area contributed by atoms with Gasteiger partial charge in [-0.05, 0) is 12.8 Å².